The van der Waals surface area contributed by atoms with Crippen molar-refractivity contribution in [2.24, 2.45) is 4.99 Å². The molecule has 2 aliphatic rings. The molecule has 4 rings (SSSR count). The predicted molar refractivity (Wildman–Crippen MR) is 138 cm³/mol. The Bertz CT molecular complexity index is 1180. The zero-order valence-electron chi connectivity index (χ0n) is 22.3. The molecule has 0 radical (unpaired) electrons. The van der Waals surface area contributed by atoms with Crippen LogP contribution in [-0.4, -0.2) is 61.1 Å². The fourth-order valence-corrected chi connectivity index (χ4v) is 5.76. The van der Waals surface area contributed by atoms with E-state index < -0.39 is 17.6 Å². The molecule has 0 aliphatic carbocycles. The van der Waals surface area contributed by atoms with E-state index in [2.05, 4.69) is 30.7 Å². The van der Waals surface area contributed by atoms with Gasteiger partial charge in [0.15, 0.2) is 4.80 Å². The normalized spacial score (nSPS) is 21.4. The van der Waals surface area contributed by atoms with Crippen molar-refractivity contribution in [1.82, 2.24) is 9.47 Å². The van der Waals surface area contributed by atoms with E-state index in [0.29, 0.717) is 24.7 Å². The number of amides is 1. The van der Waals surface area contributed by atoms with Gasteiger partial charge < -0.3 is 18.8 Å². The van der Waals surface area contributed by atoms with Gasteiger partial charge in [0, 0.05) is 37.4 Å². The predicted octanol–water partition coefficient (Wildman–Crippen LogP) is 5.23. The summed E-state index contributed by atoms with van der Waals surface area (Å²) in [4.78, 5) is 21.3. The van der Waals surface area contributed by atoms with Crippen LogP contribution in [0.15, 0.2) is 29.4 Å². The molecule has 2 atom stereocenters. The van der Waals surface area contributed by atoms with E-state index >= 15 is 0 Å². The summed E-state index contributed by atoms with van der Waals surface area (Å²) in [6.45, 7) is 8.96. The van der Waals surface area contributed by atoms with Crippen LogP contribution in [0.4, 0.5) is 13.2 Å². The summed E-state index contributed by atoms with van der Waals surface area (Å²) in [5.41, 5.74) is -1.30. The molecule has 7 nitrogen and oxygen atoms in total. The zero-order valence-corrected chi connectivity index (χ0v) is 23.2. The molecule has 2 saturated heterocycles. The minimum atomic E-state index is -4.60. The summed E-state index contributed by atoms with van der Waals surface area (Å²) < 4.78 is 59.5. The lowest BCUT2D eigenvalue weighted by atomic mass is 9.95. The fraction of sp³-hybridized carbons (Fsp3) is 0.630. The number of likely N-dealkylation sites (tertiary alicyclic amines) is 1. The number of thiazole rings is 1. The van der Waals surface area contributed by atoms with Crippen LogP contribution < -0.4 is 9.54 Å². The van der Waals surface area contributed by atoms with Crippen LogP contribution in [0.5, 0.6) is 5.75 Å². The Kier molecular flexibility index (Phi) is 9.01. The average Bonchev–Trinajstić information content (AvgIpc) is 3.60. The second-order valence-electron chi connectivity index (χ2n) is 10.9. The maximum Gasteiger partial charge on any atom is 0.416 e. The maximum absolute atomic E-state index is 13.6. The average molecular weight is 556 g/mol. The summed E-state index contributed by atoms with van der Waals surface area (Å²) in [6.07, 6.45) is 1.12. The molecular formula is C27H36F3N3O4S. The highest BCUT2D eigenvalue weighted by atomic mass is 32.1. The largest absolute Gasteiger partial charge is 0.491 e. The van der Waals surface area contributed by atoms with Gasteiger partial charge in [0.2, 0.25) is 0 Å². The Morgan fingerprint density at radius 2 is 2.00 bits per heavy atom. The van der Waals surface area contributed by atoms with Gasteiger partial charge in [-0.05, 0) is 49.3 Å². The first kappa shape index (κ1) is 28.8. The van der Waals surface area contributed by atoms with Gasteiger partial charge in [-0.1, -0.05) is 20.8 Å². The summed E-state index contributed by atoms with van der Waals surface area (Å²) >= 11 is 1.36. The molecule has 2 fully saturated rings. The highest BCUT2D eigenvalue weighted by Gasteiger charge is 2.33. The van der Waals surface area contributed by atoms with Gasteiger partial charge in [0.1, 0.15) is 12.4 Å². The van der Waals surface area contributed by atoms with Gasteiger partial charge in [-0.25, -0.2) is 0 Å². The Morgan fingerprint density at radius 3 is 2.66 bits per heavy atom. The number of rotatable bonds is 8. The van der Waals surface area contributed by atoms with E-state index in [1.165, 1.54) is 17.4 Å². The monoisotopic (exact) mass is 555 g/mol. The van der Waals surface area contributed by atoms with Crippen molar-refractivity contribution in [2.75, 3.05) is 33.6 Å². The first-order valence-electron chi connectivity index (χ1n) is 12.9. The molecule has 1 aromatic carbocycles. The molecule has 3 heterocycles. The quantitative estimate of drug-likeness (QED) is 0.446. The van der Waals surface area contributed by atoms with Crippen molar-refractivity contribution in [3.63, 3.8) is 0 Å². The molecule has 0 spiro atoms. The second-order valence-corrected chi connectivity index (χ2v) is 11.9. The standard InChI is InChI=1S/C27H36F3N3O4S/c1-26(2,3)23-15-33(14-20-8-6-12-36-20)25(38-23)31-24(34)21-13-18(27(28,29)30)9-10-22(21)37-16-19-7-5-11-32(19)17-35-4/h9-10,13,15,19-20H,5-8,11-12,14,16-17H2,1-4H3/t19-,20+/m0/s1. The van der Waals surface area contributed by atoms with Crippen molar-refractivity contribution in [2.45, 2.75) is 76.7 Å². The number of ether oxygens (including phenoxy) is 3. The number of hydrogen-bond donors (Lipinski definition) is 0. The number of alkyl halides is 3. The van der Waals surface area contributed by atoms with Crippen molar-refractivity contribution in [1.29, 1.82) is 0 Å². The number of hydrogen-bond acceptors (Lipinski definition) is 6. The zero-order chi connectivity index (χ0) is 27.5. The molecule has 1 amide bonds. The third kappa shape index (κ3) is 7.05. The molecule has 0 N–H and O–H groups in total. The molecule has 210 valence electrons. The molecule has 2 aromatic rings. The van der Waals surface area contributed by atoms with E-state index in [1.807, 2.05) is 10.8 Å². The fourth-order valence-electron chi connectivity index (χ4n) is 4.70. The minimum Gasteiger partial charge on any atom is -0.491 e. The van der Waals surface area contributed by atoms with Gasteiger partial charge in [0.25, 0.3) is 5.91 Å². The molecule has 2 aliphatic heterocycles. The van der Waals surface area contributed by atoms with Crippen LogP contribution >= 0.6 is 11.3 Å². The lowest BCUT2D eigenvalue weighted by molar-refractivity contribution is -0.137. The third-order valence-corrected chi connectivity index (χ3v) is 8.29. The van der Waals surface area contributed by atoms with E-state index in [4.69, 9.17) is 14.2 Å². The van der Waals surface area contributed by atoms with E-state index in [9.17, 15) is 18.0 Å². The van der Waals surface area contributed by atoms with Crippen LogP contribution in [0.3, 0.4) is 0 Å². The van der Waals surface area contributed by atoms with Crippen molar-refractivity contribution in [3.8, 4) is 5.75 Å². The highest BCUT2D eigenvalue weighted by Crippen LogP contribution is 2.33. The van der Waals surface area contributed by atoms with Crippen LogP contribution in [0.1, 0.15) is 67.3 Å². The first-order valence-corrected chi connectivity index (χ1v) is 13.8. The summed E-state index contributed by atoms with van der Waals surface area (Å²) in [6, 6.07) is 3.05. The minimum absolute atomic E-state index is 0.0142. The van der Waals surface area contributed by atoms with E-state index in [-0.39, 0.29) is 35.5 Å². The Balaban J connectivity index is 1.67. The molecule has 0 unspecified atom stereocenters. The van der Waals surface area contributed by atoms with Crippen LogP contribution in [0.25, 0.3) is 0 Å². The number of benzene rings is 1. The van der Waals surface area contributed by atoms with Gasteiger partial charge in [0.05, 0.1) is 30.5 Å². The van der Waals surface area contributed by atoms with Crippen molar-refractivity contribution in [3.05, 3.63) is 45.2 Å². The number of halogens is 3. The Labute approximate surface area is 225 Å². The van der Waals surface area contributed by atoms with E-state index in [1.54, 1.807) is 7.11 Å². The first-order chi connectivity index (χ1) is 18.0. The Hall–Kier alpha value is -2.21. The SMILES string of the molecule is COCN1CCC[C@H]1COc1ccc(C(F)(F)F)cc1C(=O)N=c1sc(C(C)(C)C)cn1C[C@H]1CCCO1. The number of carbonyl (C=O) groups is 1. The Morgan fingerprint density at radius 1 is 1.21 bits per heavy atom. The summed E-state index contributed by atoms with van der Waals surface area (Å²) in [7, 11) is 1.62. The smallest absolute Gasteiger partial charge is 0.416 e. The molecule has 0 bridgehead atoms. The molecule has 1 aromatic heterocycles. The van der Waals surface area contributed by atoms with Crippen LogP contribution in [-0.2, 0) is 27.6 Å². The lowest BCUT2D eigenvalue weighted by Crippen LogP contribution is -2.35. The number of nitrogens with zero attached hydrogens (tertiary/aromatic N) is 3. The second kappa shape index (κ2) is 11.9. The molecular weight excluding hydrogens is 519 g/mol. The molecule has 38 heavy (non-hydrogen) atoms. The van der Waals surface area contributed by atoms with Crippen molar-refractivity contribution < 1.29 is 32.2 Å². The van der Waals surface area contributed by atoms with Gasteiger partial charge in [-0.15, -0.1) is 11.3 Å². The third-order valence-electron chi connectivity index (χ3n) is 6.84. The van der Waals surface area contributed by atoms with E-state index in [0.717, 1.165) is 49.2 Å². The van der Waals surface area contributed by atoms with Gasteiger partial charge >= 0.3 is 6.18 Å². The van der Waals surface area contributed by atoms with Crippen molar-refractivity contribution >= 4 is 17.2 Å². The number of methoxy groups -OCH3 is 1. The van der Waals surface area contributed by atoms with Gasteiger partial charge in [-0.3, -0.25) is 9.69 Å². The summed E-state index contributed by atoms with van der Waals surface area (Å²) in [5.74, 6) is -0.677. The molecule has 0 saturated carbocycles. The van der Waals surface area contributed by atoms with Crippen LogP contribution in [0.2, 0.25) is 0 Å². The number of aromatic nitrogens is 1. The highest BCUT2D eigenvalue weighted by molar-refractivity contribution is 7.09. The lowest BCUT2D eigenvalue weighted by Gasteiger charge is -2.24. The summed E-state index contributed by atoms with van der Waals surface area (Å²) in [5, 5.41) is 0. The van der Waals surface area contributed by atoms with Gasteiger partial charge in [-0.2, -0.15) is 18.2 Å². The molecule has 11 heteroatoms. The topological polar surface area (TPSA) is 65.3 Å². The number of carbonyl (C=O) groups excluding carboxylic acids is 1. The van der Waals surface area contributed by atoms with Crippen LogP contribution in [0, 0.1) is 0 Å². The maximum atomic E-state index is 13.6.